The van der Waals surface area contributed by atoms with Gasteiger partial charge in [0.1, 0.15) is 5.82 Å². The van der Waals surface area contributed by atoms with Gasteiger partial charge in [-0.3, -0.25) is 4.79 Å². The fraction of sp³-hybridized carbons (Fsp3) is 0.0769. The Labute approximate surface area is 103 Å². The second-order valence-corrected chi connectivity index (χ2v) is 3.37. The van der Waals surface area contributed by atoms with Crippen molar-refractivity contribution in [3.63, 3.8) is 0 Å². The minimum Gasteiger partial charge on any atom is -0.478 e. The predicted octanol–water partition coefficient (Wildman–Crippen LogP) is 2.59. The molecule has 1 rings (SSSR count). The average molecular weight is 249 g/mol. The number of rotatable bonds is 4. The first-order valence-corrected chi connectivity index (χ1v) is 5.17. The summed E-state index contributed by atoms with van der Waals surface area (Å²) in [4.78, 5) is 22.3. The van der Waals surface area contributed by atoms with Gasteiger partial charge < -0.3 is 10.4 Å². The molecular formula is C13H12FNO3. The molecule has 0 spiro atoms. The second-order valence-electron chi connectivity index (χ2n) is 3.37. The Kier molecular flexibility index (Phi) is 4.80. The molecule has 1 aromatic rings. The first-order valence-electron chi connectivity index (χ1n) is 5.17. The molecule has 0 aliphatic heterocycles. The molecule has 1 amide bonds. The first kappa shape index (κ1) is 13.6. The molecule has 0 aromatic heterocycles. The van der Waals surface area contributed by atoms with Crippen molar-refractivity contribution in [2.24, 2.45) is 0 Å². The van der Waals surface area contributed by atoms with Crippen molar-refractivity contribution in [2.45, 2.75) is 6.92 Å². The van der Waals surface area contributed by atoms with E-state index in [1.54, 1.807) is 19.1 Å². The van der Waals surface area contributed by atoms with Crippen molar-refractivity contribution in [1.29, 1.82) is 0 Å². The monoisotopic (exact) mass is 249 g/mol. The lowest BCUT2D eigenvalue weighted by Crippen LogP contribution is -2.12. The van der Waals surface area contributed by atoms with Crippen molar-refractivity contribution in [3.8, 4) is 0 Å². The quantitative estimate of drug-likeness (QED) is 0.636. The molecule has 18 heavy (non-hydrogen) atoms. The van der Waals surface area contributed by atoms with Crippen LogP contribution in [0.5, 0.6) is 0 Å². The number of carbonyl (C=O) groups is 2. The van der Waals surface area contributed by atoms with Gasteiger partial charge in [0.15, 0.2) is 0 Å². The van der Waals surface area contributed by atoms with Crippen LogP contribution in [0.1, 0.15) is 17.3 Å². The van der Waals surface area contributed by atoms with Gasteiger partial charge in [-0.25, -0.2) is 9.18 Å². The third-order valence-corrected chi connectivity index (χ3v) is 2.02. The van der Waals surface area contributed by atoms with Gasteiger partial charge >= 0.3 is 5.97 Å². The maximum atomic E-state index is 12.9. The van der Waals surface area contributed by atoms with Gasteiger partial charge in [-0.15, -0.1) is 0 Å². The van der Waals surface area contributed by atoms with Crippen LogP contribution in [0.25, 0.3) is 0 Å². The summed E-state index contributed by atoms with van der Waals surface area (Å²) in [5, 5.41) is 11.2. The van der Waals surface area contributed by atoms with Crippen molar-refractivity contribution < 1.29 is 19.1 Å². The summed E-state index contributed by atoms with van der Waals surface area (Å²) in [5.74, 6) is -2.46. The van der Waals surface area contributed by atoms with Gasteiger partial charge in [0, 0.05) is 6.08 Å². The smallest absolute Gasteiger partial charge is 0.337 e. The minimum atomic E-state index is -1.30. The summed E-state index contributed by atoms with van der Waals surface area (Å²) in [7, 11) is 0. The van der Waals surface area contributed by atoms with Crippen LogP contribution in [-0.2, 0) is 4.79 Å². The zero-order chi connectivity index (χ0) is 13.5. The summed E-state index contributed by atoms with van der Waals surface area (Å²) >= 11 is 0. The van der Waals surface area contributed by atoms with Crippen molar-refractivity contribution >= 4 is 17.6 Å². The number of halogens is 1. The standard InChI is InChI=1S/C13H12FNO3/c1-2-3-4-5-12(16)15-11-7-6-9(14)8-10(11)13(17)18/h2-8H,1H3,(H,15,16)(H,17,18)/b3-2+,5-4+. The summed E-state index contributed by atoms with van der Waals surface area (Å²) in [6.07, 6.45) is 6.15. The van der Waals surface area contributed by atoms with E-state index in [4.69, 9.17) is 5.11 Å². The number of allylic oxidation sites excluding steroid dienone is 3. The topological polar surface area (TPSA) is 66.4 Å². The lowest BCUT2D eigenvalue weighted by atomic mass is 10.1. The number of aromatic carboxylic acids is 1. The Morgan fingerprint density at radius 2 is 2.06 bits per heavy atom. The number of hydrogen-bond donors (Lipinski definition) is 2. The fourth-order valence-corrected chi connectivity index (χ4v) is 1.23. The van der Waals surface area contributed by atoms with Crippen LogP contribution in [0.15, 0.2) is 42.5 Å². The van der Waals surface area contributed by atoms with Gasteiger partial charge in [0.2, 0.25) is 5.91 Å². The molecule has 0 atom stereocenters. The SMILES string of the molecule is C/C=C/C=C/C(=O)Nc1ccc(F)cc1C(=O)O. The summed E-state index contributed by atoms with van der Waals surface area (Å²) in [6.45, 7) is 1.80. The van der Waals surface area contributed by atoms with E-state index in [0.29, 0.717) is 0 Å². The highest BCUT2D eigenvalue weighted by Gasteiger charge is 2.12. The largest absolute Gasteiger partial charge is 0.478 e. The highest BCUT2D eigenvalue weighted by Crippen LogP contribution is 2.17. The lowest BCUT2D eigenvalue weighted by Gasteiger charge is -2.06. The maximum Gasteiger partial charge on any atom is 0.337 e. The molecule has 1 aromatic carbocycles. The zero-order valence-electron chi connectivity index (χ0n) is 9.68. The number of carboxylic acids is 1. The van der Waals surface area contributed by atoms with Gasteiger partial charge in [0.25, 0.3) is 0 Å². The van der Waals surface area contributed by atoms with Crippen LogP contribution in [0.4, 0.5) is 10.1 Å². The van der Waals surface area contributed by atoms with E-state index >= 15 is 0 Å². The molecule has 0 unspecified atom stereocenters. The third-order valence-electron chi connectivity index (χ3n) is 2.02. The highest BCUT2D eigenvalue weighted by molar-refractivity contribution is 6.04. The van der Waals surface area contributed by atoms with Gasteiger partial charge in [-0.2, -0.15) is 0 Å². The Bertz CT molecular complexity index is 521. The molecule has 2 N–H and O–H groups in total. The molecule has 0 fully saturated rings. The van der Waals surface area contributed by atoms with E-state index in [2.05, 4.69) is 5.32 Å². The summed E-state index contributed by atoms with van der Waals surface area (Å²) < 4.78 is 12.9. The van der Waals surface area contributed by atoms with E-state index in [9.17, 15) is 14.0 Å². The third kappa shape index (κ3) is 3.86. The molecule has 5 heteroatoms. The molecule has 0 radical (unpaired) electrons. The number of benzene rings is 1. The van der Waals surface area contributed by atoms with Crippen LogP contribution in [0.2, 0.25) is 0 Å². The van der Waals surface area contributed by atoms with Crippen LogP contribution >= 0.6 is 0 Å². The summed E-state index contributed by atoms with van der Waals surface area (Å²) in [5.41, 5.74) is -0.234. The number of carbonyl (C=O) groups excluding carboxylic acids is 1. The van der Waals surface area contributed by atoms with E-state index in [1.165, 1.54) is 18.2 Å². The minimum absolute atomic E-state index is 0.0547. The average Bonchev–Trinajstić information content (AvgIpc) is 2.31. The highest BCUT2D eigenvalue weighted by atomic mass is 19.1. The maximum absolute atomic E-state index is 12.9. The van der Waals surface area contributed by atoms with Crippen LogP contribution < -0.4 is 5.32 Å². The molecular weight excluding hydrogens is 237 g/mol. The van der Waals surface area contributed by atoms with Gasteiger partial charge in [-0.1, -0.05) is 18.2 Å². The van der Waals surface area contributed by atoms with Crippen LogP contribution in [0.3, 0.4) is 0 Å². The van der Waals surface area contributed by atoms with Crippen molar-refractivity contribution in [1.82, 2.24) is 0 Å². The van der Waals surface area contributed by atoms with E-state index in [0.717, 1.165) is 12.1 Å². The number of anilines is 1. The van der Waals surface area contributed by atoms with Crippen LogP contribution in [-0.4, -0.2) is 17.0 Å². The fourth-order valence-electron chi connectivity index (χ4n) is 1.23. The number of nitrogens with one attached hydrogen (secondary N) is 1. The van der Waals surface area contributed by atoms with E-state index in [-0.39, 0.29) is 11.3 Å². The Hall–Kier alpha value is -2.43. The normalized spacial score (nSPS) is 11.0. The van der Waals surface area contributed by atoms with E-state index in [1.807, 2.05) is 0 Å². The molecule has 94 valence electrons. The Balaban J connectivity index is 2.90. The second kappa shape index (κ2) is 6.34. The van der Waals surface area contributed by atoms with Crippen LogP contribution in [0, 0.1) is 5.82 Å². The molecule has 0 saturated carbocycles. The number of amides is 1. The zero-order valence-corrected chi connectivity index (χ0v) is 9.68. The van der Waals surface area contributed by atoms with Gasteiger partial charge in [-0.05, 0) is 25.1 Å². The lowest BCUT2D eigenvalue weighted by molar-refractivity contribution is -0.111. The van der Waals surface area contributed by atoms with Gasteiger partial charge in [0.05, 0.1) is 11.3 Å². The molecule has 0 heterocycles. The van der Waals surface area contributed by atoms with E-state index < -0.39 is 17.7 Å². The molecule has 0 saturated heterocycles. The Morgan fingerprint density at radius 3 is 2.67 bits per heavy atom. The molecule has 0 aliphatic carbocycles. The number of carboxylic acid groups (broad SMARTS) is 1. The molecule has 4 nitrogen and oxygen atoms in total. The van der Waals surface area contributed by atoms with Crippen molar-refractivity contribution in [3.05, 3.63) is 53.9 Å². The number of hydrogen-bond acceptors (Lipinski definition) is 2. The summed E-state index contributed by atoms with van der Waals surface area (Å²) in [6, 6.07) is 3.14. The van der Waals surface area contributed by atoms with Crippen molar-refractivity contribution in [2.75, 3.05) is 5.32 Å². The molecule has 0 bridgehead atoms. The predicted molar refractivity (Wildman–Crippen MR) is 65.9 cm³/mol. The first-order chi connectivity index (χ1) is 8.54. The molecule has 0 aliphatic rings. The Morgan fingerprint density at radius 1 is 1.33 bits per heavy atom.